The summed E-state index contributed by atoms with van der Waals surface area (Å²) in [4.78, 5) is 9.71. The predicted octanol–water partition coefficient (Wildman–Crippen LogP) is 2.67. The largest absolute Gasteiger partial charge is 0.378 e. The summed E-state index contributed by atoms with van der Waals surface area (Å²) >= 11 is 0. The molecule has 0 unspecified atom stereocenters. The molecule has 3 rings (SSSR count). The van der Waals surface area contributed by atoms with E-state index in [0.717, 1.165) is 51.5 Å². The summed E-state index contributed by atoms with van der Waals surface area (Å²) in [5.74, 6) is 1.24. The smallest absolute Gasteiger partial charge is 0.105 e. The number of anilines is 1. The van der Waals surface area contributed by atoms with Crippen molar-refractivity contribution in [1.82, 2.24) is 4.90 Å². The SMILES string of the molecule is CCN1CCCC1=Nc1ccccc1N1CCOCC1. The summed E-state index contributed by atoms with van der Waals surface area (Å²) < 4.78 is 5.44. The zero-order chi connectivity index (χ0) is 13.8. The van der Waals surface area contributed by atoms with Crippen LogP contribution in [0, 0.1) is 0 Å². The van der Waals surface area contributed by atoms with Gasteiger partial charge in [0, 0.05) is 32.6 Å². The van der Waals surface area contributed by atoms with Crippen LogP contribution in [0.15, 0.2) is 29.3 Å². The van der Waals surface area contributed by atoms with E-state index in [4.69, 9.17) is 9.73 Å². The summed E-state index contributed by atoms with van der Waals surface area (Å²) in [6, 6.07) is 8.48. The van der Waals surface area contributed by atoms with Gasteiger partial charge in [-0.3, -0.25) is 0 Å². The first kappa shape index (κ1) is 13.4. The maximum atomic E-state index is 5.44. The molecular weight excluding hydrogens is 250 g/mol. The average molecular weight is 273 g/mol. The second-order valence-corrected chi connectivity index (χ2v) is 5.30. The van der Waals surface area contributed by atoms with Crippen molar-refractivity contribution >= 4 is 17.2 Å². The van der Waals surface area contributed by atoms with Gasteiger partial charge >= 0.3 is 0 Å². The standard InChI is InChI=1S/C16H23N3O/c1-2-18-9-5-8-16(18)17-14-6-3-4-7-15(14)19-10-12-20-13-11-19/h3-4,6-7H,2,5,8-13H2,1H3. The lowest BCUT2D eigenvalue weighted by Gasteiger charge is -2.30. The fourth-order valence-electron chi connectivity index (χ4n) is 2.95. The van der Waals surface area contributed by atoms with Gasteiger partial charge in [-0.1, -0.05) is 12.1 Å². The zero-order valence-corrected chi connectivity index (χ0v) is 12.2. The number of para-hydroxylation sites is 2. The molecule has 108 valence electrons. The lowest BCUT2D eigenvalue weighted by atomic mass is 10.2. The molecule has 1 aromatic rings. The second-order valence-electron chi connectivity index (χ2n) is 5.30. The number of morpholine rings is 1. The second kappa shape index (κ2) is 6.27. The Morgan fingerprint density at radius 1 is 1.15 bits per heavy atom. The number of hydrogen-bond acceptors (Lipinski definition) is 3. The van der Waals surface area contributed by atoms with Crippen molar-refractivity contribution in [3.63, 3.8) is 0 Å². The molecule has 2 saturated heterocycles. The highest BCUT2D eigenvalue weighted by Crippen LogP contribution is 2.30. The molecule has 0 spiro atoms. The van der Waals surface area contributed by atoms with Gasteiger partial charge in [0.1, 0.15) is 5.84 Å². The van der Waals surface area contributed by atoms with Crippen LogP contribution < -0.4 is 4.90 Å². The Hall–Kier alpha value is -1.55. The van der Waals surface area contributed by atoms with Crippen molar-refractivity contribution in [2.45, 2.75) is 19.8 Å². The van der Waals surface area contributed by atoms with Crippen molar-refractivity contribution in [3.05, 3.63) is 24.3 Å². The molecule has 0 N–H and O–H groups in total. The molecule has 4 nitrogen and oxygen atoms in total. The van der Waals surface area contributed by atoms with E-state index in [1.54, 1.807) is 0 Å². The number of hydrogen-bond donors (Lipinski definition) is 0. The molecule has 2 aliphatic rings. The van der Waals surface area contributed by atoms with Crippen molar-refractivity contribution in [3.8, 4) is 0 Å². The summed E-state index contributed by atoms with van der Waals surface area (Å²) in [7, 11) is 0. The van der Waals surface area contributed by atoms with Crippen molar-refractivity contribution in [2.24, 2.45) is 4.99 Å². The quantitative estimate of drug-likeness (QED) is 0.847. The van der Waals surface area contributed by atoms with Gasteiger partial charge in [-0.2, -0.15) is 0 Å². The molecule has 0 saturated carbocycles. The maximum absolute atomic E-state index is 5.44. The van der Waals surface area contributed by atoms with Gasteiger partial charge in [0.15, 0.2) is 0 Å². The average Bonchev–Trinajstić information content (AvgIpc) is 2.96. The third-order valence-corrected chi connectivity index (χ3v) is 4.06. The molecule has 2 heterocycles. The molecule has 0 aliphatic carbocycles. The van der Waals surface area contributed by atoms with E-state index >= 15 is 0 Å². The van der Waals surface area contributed by atoms with E-state index < -0.39 is 0 Å². The number of nitrogens with zero attached hydrogens (tertiary/aromatic N) is 3. The maximum Gasteiger partial charge on any atom is 0.105 e. The molecule has 0 aromatic heterocycles. The van der Waals surface area contributed by atoms with Crippen LogP contribution in [0.2, 0.25) is 0 Å². The lowest BCUT2D eigenvalue weighted by Crippen LogP contribution is -2.36. The zero-order valence-electron chi connectivity index (χ0n) is 12.2. The minimum absolute atomic E-state index is 0.811. The highest BCUT2D eigenvalue weighted by Gasteiger charge is 2.19. The molecule has 1 aromatic carbocycles. The fraction of sp³-hybridized carbons (Fsp3) is 0.562. The minimum Gasteiger partial charge on any atom is -0.378 e. The number of aliphatic imine (C=N–C) groups is 1. The van der Waals surface area contributed by atoms with Crippen LogP contribution in [-0.2, 0) is 4.74 Å². The molecule has 0 bridgehead atoms. The Kier molecular flexibility index (Phi) is 4.21. The molecule has 2 fully saturated rings. The highest BCUT2D eigenvalue weighted by molar-refractivity contribution is 5.88. The summed E-state index contributed by atoms with van der Waals surface area (Å²) in [5.41, 5.74) is 2.34. The van der Waals surface area contributed by atoms with Crippen molar-refractivity contribution in [2.75, 3.05) is 44.3 Å². The van der Waals surface area contributed by atoms with E-state index in [1.807, 2.05) is 0 Å². The van der Waals surface area contributed by atoms with Gasteiger partial charge in [-0.25, -0.2) is 4.99 Å². The number of ether oxygens (including phenoxy) is 1. The highest BCUT2D eigenvalue weighted by atomic mass is 16.5. The first-order chi connectivity index (χ1) is 9.88. The van der Waals surface area contributed by atoms with Gasteiger partial charge in [-0.15, -0.1) is 0 Å². The Morgan fingerprint density at radius 2 is 1.95 bits per heavy atom. The van der Waals surface area contributed by atoms with Crippen LogP contribution in [0.4, 0.5) is 11.4 Å². The fourth-order valence-corrected chi connectivity index (χ4v) is 2.95. The minimum atomic E-state index is 0.811. The number of likely N-dealkylation sites (tertiary alicyclic amines) is 1. The van der Waals surface area contributed by atoms with E-state index in [-0.39, 0.29) is 0 Å². The Labute approximate surface area is 121 Å². The van der Waals surface area contributed by atoms with Gasteiger partial charge in [0.05, 0.1) is 24.6 Å². The van der Waals surface area contributed by atoms with Crippen LogP contribution in [-0.4, -0.2) is 50.1 Å². The summed E-state index contributed by atoms with van der Waals surface area (Å²) in [6.07, 6.45) is 2.33. The Morgan fingerprint density at radius 3 is 2.75 bits per heavy atom. The third kappa shape index (κ3) is 2.80. The normalized spacial score (nSPS) is 21.8. The van der Waals surface area contributed by atoms with E-state index in [9.17, 15) is 0 Å². The van der Waals surface area contributed by atoms with E-state index in [2.05, 4.69) is 41.0 Å². The van der Waals surface area contributed by atoms with Gasteiger partial charge in [0.2, 0.25) is 0 Å². The Bertz CT molecular complexity index is 480. The van der Waals surface area contributed by atoms with Gasteiger partial charge in [-0.05, 0) is 25.5 Å². The topological polar surface area (TPSA) is 28.1 Å². The molecule has 0 atom stereocenters. The molecule has 20 heavy (non-hydrogen) atoms. The molecule has 4 heteroatoms. The molecule has 0 radical (unpaired) electrons. The first-order valence-corrected chi connectivity index (χ1v) is 7.62. The summed E-state index contributed by atoms with van der Waals surface area (Å²) in [5, 5.41) is 0. The van der Waals surface area contributed by atoms with Crippen molar-refractivity contribution in [1.29, 1.82) is 0 Å². The molecule has 2 aliphatic heterocycles. The van der Waals surface area contributed by atoms with Crippen LogP contribution in [0.1, 0.15) is 19.8 Å². The predicted molar refractivity (Wildman–Crippen MR) is 83.1 cm³/mol. The first-order valence-electron chi connectivity index (χ1n) is 7.62. The van der Waals surface area contributed by atoms with Crippen LogP contribution in [0.5, 0.6) is 0 Å². The monoisotopic (exact) mass is 273 g/mol. The lowest BCUT2D eigenvalue weighted by molar-refractivity contribution is 0.123. The third-order valence-electron chi connectivity index (χ3n) is 4.06. The van der Waals surface area contributed by atoms with E-state index in [0.29, 0.717) is 0 Å². The van der Waals surface area contributed by atoms with Gasteiger partial charge < -0.3 is 14.5 Å². The van der Waals surface area contributed by atoms with E-state index in [1.165, 1.54) is 17.9 Å². The Balaban J connectivity index is 1.87. The van der Waals surface area contributed by atoms with Crippen LogP contribution in [0.25, 0.3) is 0 Å². The summed E-state index contributed by atoms with van der Waals surface area (Å²) in [6.45, 7) is 7.94. The number of benzene rings is 1. The van der Waals surface area contributed by atoms with Crippen LogP contribution in [0.3, 0.4) is 0 Å². The number of amidine groups is 1. The van der Waals surface area contributed by atoms with Gasteiger partial charge in [0.25, 0.3) is 0 Å². The molecular formula is C16H23N3O. The van der Waals surface area contributed by atoms with Crippen LogP contribution >= 0.6 is 0 Å². The number of rotatable bonds is 3. The molecule has 0 amide bonds. The van der Waals surface area contributed by atoms with Crippen molar-refractivity contribution < 1.29 is 4.74 Å².